The van der Waals surface area contributed by atoms with Crippen molar-refractivity contribution in [1.29, 1.82) is 0 Å². The third-order valence-corrected chi connectivity index (χ3v) is 7.79. The summed E-state index contributed by atoms with van der Waals surface area (Å²) in [6, 6.07) is 19.5. The summed E-state index contributed by atoms with van der Waals surface area (Å²) in [5.41, 5.74) is 1.78. The molecule has 0 unspecified atom stereocenters. The van der Waals surface area contributed by atoms with Gasteiger partial charge in [-0.15, -0.1) is 0 Å². The average molecular weight is 546 g/mol. The SMILES string of the molecule is COC(=O)COc1ccc(C(=O)N2CCN(c3ccc(OCCCN4CCCCC4)cc3)CC2)c2ccccc12. The summed E-state index contributed by atoms with van der Waals surface area (Å²) in [5, 5.41) is 1.61. The lowest BCUT2D eigenvalue weighted by atomic mass is 10.0. The van der Waals surface area contributed by atoms with E-state index in [1.807, 2.05) is 41.3 Å². The van der Waals surface area contributed by atoms with Crippen LogP contribution in [0.4, 0.5) is 5.69 Å². The smallest absolute Gasteiger partial charge is 0.343 e. The van der Waals surface area contributed by atoms with Crippen molar-refractivity contribution in [3.63, 3.8) is 0 Å². The maximum absolute atomic E-state index is 13.5. The number of piperazine rings is 1. The van der Waals surface area contributed by atoms with E-state index in [-0.39, 0.29) is 12.5 Å². The number of fused-ring (bicyclic) bond motifs is 1. The minimum Gasteiger partial charge on any atom is -0.494 e. The van der Waals surface area contributed by atoms with Crippen molar-refractivity contribution in [2.45, 2.75) is 25.7 Å². The van der Waals surface area contributed by atoms with E-state index in [9.17, 15) is 9.59 Å². The third-order valence-electron chi connectivity index (χ3n) is 7.79. The molecule has 2 aliphatic heterocycles. The quantitative estimate of drug-likeness (QED) is 0.272. The van der Waals surface area contributed by atoms with Crippen molar-refractivity contribution >= 4 is 28.3 Å². The highest BCUT2D eigenvalue weighted by atomic mass is 16.6. The van der Waals surface area contributed by atoms with Crippen LogP contribution in [-0.4, -0.2) is 87.8 Å². The van der Waals surface area contributed by atoms with Crippen molar-refractivity contribution < 1.29 is 23.8 Å². The van der Waals surface area contributed by atoms with Crippen LogP contribution in [0.2, 0.25) is 0 Å². The maximum Gasteiger partial charge on any atom is 0.343 e. The Balaban J connectivity index is 1.13. The molecule has 1 amide bonds. The predicted octanol–water partition coefficient (Wildman–Crippen LogP) is 4.61. The van der Waals surface area contributed by atoms with Crippen molar-refractivity contribution in [3.05, 3.63) is 66.2 Å². The first-order chi connectivity index (χ1) is 19.6. The Labute approximate surface area is 236 Å². The highest BCUT2D eigenvalue weighted by Crippen LogP contribution is 2.30. The number of anilines is 1. The average Bonchev–Trinajstić information content (AvgIpc) is 3.02. The number of carbonyl (C=O) groups is 2. The van der Waals surface area contributed by atoms with Crippen LogP contribution in [0, 0.1) is 0 Å². The molecule has 0 spiro atoms. The fourth-order valence-electron chi connectivity index (χ4n) is 5.53. The summed E-state index contributed by atoms with van der Waals surface area (Å²) in [7, 11) is 1.33. The van der Waals surface area contributed by atoms with E-state index in [2.05, 4.69) is 26.7 Å². The van der Waals surface area contributed by atoms with Gasteiger partial charge < -0.3 is 28.9 Å². The van der Waals surface area contributed by atoms with Gasteiger partial charge in [0.25, 0.3) is 5.91 Å². The lowest BCUT2D eigenvalue weighted by Gasteiger charge is -2.36. The molecule has 2 heterocycles. The van der Waals surface area contributed by atoms with Crippen LogP contribution in [0.15, 0.2) is 60.7 Å². The Morgan fingerprint density at radius 1 is 0.775 bits per heavy atom. The van der Waals surface area contributed by atoms with Gasteiger partial charge in [0.2, 0.25) is 0 Å². The Bertz CT molecular complexity index is 1280. The molecule has 8 heteroatoms. The second-order valence-electron chi connectivity index (χ2n) is 10.4. The number of methoxy groups -OCH3 is 1. The molecule has 0 bridgehead atoms. The van der Waals surface area contributed by atoms with Gasteiger partial charge >= 0.3 is 5.97 Å². The second kappa shape index (κ2) is 13.5. The number of likely N-dealkylation sites (tertiary alicyclic amines) is 1. The Kier molecular flexibility index (Phi) is 9.39. The monoisotopic (exact) mass is 545 g/mol. The third kappa shape index (κ3) is 6.86. The Morgan fingerprint density at radius 2 is 1.50 bits per heavy atom. The molecule has 212 valence electrons. The number of hydrogen-bond donors (Lipinski definition) is 0. The van der Waals surface area contributed by atoms with E-state index < -0.39 is 5.97 Å². The van der Waals surface area contributed by atoms with Gasteiger partial charge in [0, 0.05) is 49.4 Å². The van der Waals surface area contributed by atoms with Crippen molar-refractivity contribution in [3.8, 4) is 11.5 Å². The molecule has 0 aromatic heterocycles. The van der Waals surface area contributed by atoms with Gasteiger partial charge in [-0.25, -0.2) is 4.79 Å². The van der Waals surface area contributed by atoms with E-state index in [1.54, 1.807) is 12.1 Å². The van der Waals surface area contributed by atoms with E-state index in [0.29, 0.717) is 24.4 Å². The number of piperidine rings is 1. The highest BCUT2D eigenvalue weighted by Gasteiger charge is 2.24. The van der Waals surface area contributed by atoms with E-state index in [4.69, 9.17) is 9.47 Å². The van der Waals surface area contributed by atoms with Gasteiger partial charge in [-0.3, -0.25) is 4.79 Å². The molecule has 2 aliphatic rings. The first-order valence-electron chi connectivity index (χ1n) is 14.3. The number of hydrogen-bond acceptors (Lipinski definition) is 7. The lowest BCUT2D eigenvalue weighted by Crippen LogP contribution is -2.48. The topological polar surface area (TPSA) is 71.5 Å². The van der Waals surface area contributed by atoms with Gasteiger partial charge in [0.05, 0.1) is 13.7 Å². The number of ether oxygens (including phenoxy) is 3. The van der Waals surface area contributed by atoms with Crippen molar-refractivity contribution in [2.24, 2.45) is 0 Å². The predicted molar refractivity (Wildman–Crippen MR) is 156 cm³/mol. The van der Waals surface area contributed by atoms with Crippen LogP contribution in [0.3, 0.4) is 0 Å². The summed E-state index contributed by atoms with van der Waals surface area (Å²) < 4.78 is 16.3. The van der Waals surface area contributed by atoms with Gasteiger partial charge in [-0.05, 0) is 74.1 Å². The normalized spacial score (nSPS) is 16.1. The number of esters is 1. The first kappa shape index (κ1) is 27.8. The zero-order chi connectivity index (χ0) is 27.7. The Hall–Kier alpha value is -3.78. The molecule has 3 aromatic carbocycles. The van der Waals surface area contributed by atoms with E-state index in [1.165, 1.54) is 39.5 Å². The van der Waals surface area contributed by atoms with Crippen LogP contribution in [-0.2, 0) is 9.53 Å². The molecule has 0 radical (unpaired) electrons. The summed E-state index contributed by atoms with van der Waals surface area (Å²) >= 11 is 0. The minimum absolute atomic E-state index is 0.00340. The zero-order valence-corrected chi connectivity index (χ0v) is 23.3. The Morgan fingerprint density at radius 3 is 2.23 bits per heavy atom. The molecule has 0 aliphatic carbocycles. The number of carbonyl (C=O) groups excluding carboxylic acids is 2. The molecular weight excluding hydrogens is 506 g/mol. The molecule has 0 N–H and O–H groups in total. The number of benzene rings is 3. The first-order valence-corrected chi connectivity index (χ1v) is 14.3. The second-order valence-corrected chi connectivity index (χ2v) is 10.4. The number of nitrogens with zero attached hydrogens (tertiary/aromatic N) is 3. The van der Waals surface area contributed by atoms with Crippen LogP contribution < -0.4 is 14.4 Å². The highest BCUT2D eigenvalue weighted by molar-refractivity contribution is 6.08. The molecule has 2 saturated heterocycles. The molecule has 8 nitrogen and oxygen atoms in total. The van der Waals surface area contributed by atoms with E-state index >= 15 is 0 Å². The van der Waals surface area contributed by atoms with Gasteiger partial charge in [-0.1, -0.05) is 30.7 Å². The largest absolute Gasteiger partial charge is 0.494 e. The molecule has 40 heavy (non-hydrogen) atoms. The molecule has 0 atom stereocenters. The summed E-state index contributed by atoms with van der Waals surface area (Å²) in [5.74, 6) is 1.01. The van der Waals surface area contributed by atoms with Crippen molar-refractivity contribution in [1.82, 2.24) is 9.80 Å². The minimum atomic E-state index is -0.451. The summed E-state index contributed by atoms with van der Waals surface area (Å²) in [6.45, 7) is 6.94. The standard InChI is InChI=1S/C32H39N3O5/c1-38-31(36)24-40-30-15-14-29(27-8-3-4-9-28(27)30)32(37)35-21-19-34(20-22-35)25-10-12-26(13-11-25)39-23-7-18-33-16-5-2-6-17-33/h3-4,8-15H,2,5-7,16-24H2,1H3. The zero-order valence-electron chi connectivity index (χ0n) is 23.3. The molecule has 3 aromatic rings. The van der Waals surface area contributed by atoms with E-state index in [0.717, 1.165) is 54.9 Å². The summed E-state index contributed by atoms with van der Waals surface area (Å²) in [6.07, 6.45) is 5.07. The van der Waals surface area contributed by atoms with Crippen LogP contribution >= 0.6 is 0 Å². The van der Waals surface area contributed by atoms with Crippen LogP contribution in [0.25, 0.3) is 10.8 Å². The molecular formula is C32H39N3O5. The van der Waals surface area contributed by atoms with Crippen LogP contribution in [0.1, 0.15) is 36.0 Å². The maximum atomic E-state index is 13.5. The molecule has 5 rings (SSSR count). The number of amides is 1. The van der Waals surface area contributed by atoms with Gasteiger partial charge in [0.15, 0.2) is 6.61 Å². The fraction of sp³-hybridized carbons (Fsp3) is 0.438. The van der Waals surface area contributed by atoms with Crippen molar-refractivity contribution in [2.75, 3.05) is 71.0 Å². The van der Waals surface area contributed by atoms with Crippen LogP contribution in [0.5, 0.6) is 11.5 Å². The molecule has 2 fully saturated rings. The summed E-state index contributed by atoms with van der Waals surface area (Å²) in [4.78, 5) is 31.8. The number of rotatable bonds is 10. The van der Waals surface area contributed by atoms with Gasteiger partial charge in [0.1, 0.15) is 11.5 Å². The molecule has 0 saturated carbocycles. The van der Waals surface area contributed by atoms with Gasteiger partial charge in [-0.2, -0.15) is 0 Å². The lowest BCUT2D eigenvalue weighted by molar-refractivity contribution is -0.142. The fourth-order valence-corrected chi connectivity index (χ4v) is 5.53.